The molecular formula is C21H19N3O. The monoisotopic (exact) mass is 329 g/mol. The summed E-state index contributed by atoms with van der Waals surface area (Å²) in [6.07, 6.45) is 3.18. The molecule has 0 unspecified atom stereocenters. The number of hydrogen-bond acceptors (Lipinski definition) is 3. The van der Waals surface area contributed by atoms with Crippen LogP contribution >= 0.6 is 0 Å². The molecule has 1 amide bonds. The topological polar surface area (TPSA) is 45.2 Å². The molecule has 4 nitrogen and oxygen atoms in total. The van der Waals surface area contributed by atoms with E-state index in [2.05, 4.69) is 36.3 Å². The van der Waals surface area contributed by atoms with Gasteiger partial charge in [0.2, 0.25) is 0 Å². The van der Waals surface area contributed by atoms with Gasteiger partial charge in [-0.2, -0.15) is 0 Å². The number of rotatable bonds is 3. The van der Waals surface area contributed by atoms with Gasteiger partial charge in [0.1, 0.15) is 6.17 Å². The fourth-order valence-corrected chi connectivity index (χ4v) is 3.28. The van der Waals surface area contributed by atoms with E-state index in [9.17, 15) is 4.79 Å². The Labute approximate surface area is 147 Å². The number of aryl methyl sites for hydroxylation is 1. The molecule has 1 atom stereocenters. The van der Waals surface area contributed by atoms with Gasteiger partial charge in [0, 0.05) is 23.0 Å². The third-order valence-corrected chi connectivity index (χ3v) is 4.78. The highest BCUT2D eigenvalue weighted by atomic mass is 16.2. The molecule has 4 rings (SSSR count). The van der Waals surface area contributed by atoms with Crippen LogP contribution in [0.25, 0.3) is 0 Å². The molecular weight excluding hydrogens is 310 g/mol. The van der Waals surface area contributed by atoms with Crippen molar-refractivity contribution in [1.82, 2.24) is 4.98 Å². The number of fused-ring (bicyclic) bond motifs is 1. The molecule has 3 aromatic rings. The second-order valence-corrected chi connectivity index (χ2v) is 6.27. The summed E-state index contributed by atoms with van der Waals surface area (Å²) in [6, 6.07) is 17.7. The van der Waals surface area contributed by atoms with Gasteiger partial charge in [0.05, 0.1) is 11.9 Å². The number of anilines is 2. The largest absolute Gasteiger partial charge is 0.361 e. The molecule has 1 aliphatic heterocycles. The van der Waals surface area contributed by atoms with Crippen molar-refractivity contribution >= 4 is 17.3 Å². The Morgan fingerprint density at radius 2 is 1.84 bits per heavy atom. The van der Waals surface area contributed by atoms with Crippen molar-refractivity contribution < 1.29 is 4.79 Å². The second-order valence-electron chi connectivity index (χ2n) is 6.27. The van der Waals surface area contributed by atoms with Crippen molar-refractivity contribution in [3.05, 3.63) is 89.2 Å². The normalized spacial score (nSPS) is 16.0. The quantitative estimate of drug-likeness (QED) is 0.771. The molecule has 4 heteroatoms. The summed E-state index contributed by atoms with van der Waals surface area (Å²) in [6.45, 7) is 4.18. The van der Waals surface area contributed by atoms with Crippen molar-refractivity contribution in [2.45, 2.75) is 20.0 Å². The molecule has 0 fully saturated rings. The van der Waals surface area contributed by atoms with E-state index >= 15 is 0 Å². The minimum absolute atomic E-state index is 0.00796. The molecule has 1 aliphatic rings. The van der Waals surface area contributed by atoms with Crippen molar-refractivity contribution in [1.29, 1.82) is 0 Å². The summed E-state index contributed by atoms with van der Waals surface area (Å²) in [4.78, 5) is 19.0. The van der Waals surface area contributed by atoms with Crippen LogP contribution in [0.15, 0.2) is 67.0 Å². The molecule has 0 saturated carbocycles. The Bertz CT molecular complexity index is 937. The van der Waals surface area contributed by atoms with Crippen LogP contribution in [0.5, 0.6) is 0 Å². The number of aromatic nitrogens is 1. The fraction of sp³-hybridized carbons (Fsp3) is 0.143. The van der Waals surface area contributed by atoms with Crippen LogP contribution in [0.3, 0.4) is 0 Å². The number of carbonyl (C=O) groups is 1. The van der Waals surface area contributed by atoms with E-state index in [0.717, 1.165) is 22.5 Å². The third-order valence-electron chi connectivity index (χ3n) is 4.78. The number of nitrogens with zero attached hydrogens (tertiary/aromatic N) is 2. The molecule has 0 radical (unpaired) electrons. The van der Waals surface area contributed by atoms with Crippen LogP contribution in [0, 0.1) is 13.8 Å². The minimum Gasteiger partial charge on any atom is -0.361 e. The Hall–Kier alpha value is -3.14. The van der Waals surface area contributed by atoms with Gasteiger partial charge in [-0.3, -0.25) is 14.7 Å². The van der Waals surface area contributed by atoms with Gasteiger partial charge < -0.3 is 5.32 Å². The van der Waals surface area contributed by atoms with E-state index in [4.69, 9.17) is 0 Å². The maximum Gasteiger partial charge on any atom is 0.260 e. The Kier molecular flexibility index (Phi) is 3.73. The third kappa shape index (κ3) is 2.56. The molecule has 25 heavy (non-hydrogen) atoms. The Morgan fingerprint density at radius 3 is 2.64 bits per heavy atom. The first-order chi connectivity index (χ1) is 12.2. The van der Waals surface area contributed by atoms with Gasteiger partial charge in [0.25, 0.3) is 5.91 Å². The molecule has 1 N–H and O–H groups in total. The molecule has 0 bridgehead atoms. The van der Waals surface area contributed by atoms with Crippen LogP contribution in [0.1, 0.15) is 33.2 Å². The molecule has 2 heterocycles. The highest BCUT2D eigenvalue weighted by molar-refractivity contribution is 6.11. The summed E-state index contributed by atoms with van der Waals surface area (Å²) in [7, 11) is 0. The number of carbonyl (C=O) groups excluding carboxylic acids is 1. The van der Waals surface area contributed by atoms with Crippen LogP contribution in [0.4, 0.5) is 11.4 Å². The highest BCUT2D eigenvalue weighted by Crippen LogP contribution is 2.38. The van der Waals surface area contributed by atoms with Gasteiger partial charge in [0.15, 0.2) is 0 Å². The lowest BCUT2D eigenvalue weighted by molar-refractivity contribution is 0.0993. The van der Waals surface area contributed by atoms with Gasteiger partial charge in [-0.25, -0.2) is 0 Å². The predicted molar refractivity (Wildman–Crippen MR) is 99.8 cm³/mol. The molecule has 0 aliphatic carbocycles. The van der Waals surface area contributed by atoms with E-state index in [1.54, 1.807) is 17.3 Å². The Balaban J connectivity index is 1.81. The first-order valence-electron chi connectivity index (χ1n) is 8.32. The SMILES string of the molecule is Cc1cccc(N[C@H]2c3ccccc3C(=O)N2c2cccnc2)c1C. The van der Waals surface area contributed by atoms with E-state index in [0.29, 0.717) is 0 Å². The number of hydrogen-bond donors (Lipinski definition) is 1. The molecule has 124 valence electrons. The molecule has 1 aromatic heterocycles. The fourth-order valence-electron chi connectivity index (χ4n) is 3.28. The lowest BCUT2D eigenvalue weighted by Crippen LogP contribution is -2.32. The number of pyridine rings is 1. The number of nitrogens with one attached hydrogen (secondary N) is 1. The maximum absolute atomic E-state index is 13.0. The highest BCUT2D eigenvalue weighted by Gasteiger charge is 2.37. The van der Waals surface area contributed by atoms with Crippen LogP contribution < -0.4 is 10.2 Å². The van der Waals surface area contributed by atoms with Crippen LogP contribution in [-0.4, -0.2) is 10.9 Å². The summed E-state index contributed by atoms with van der Waals surface area (Å²) >= 11 is 0. The number of amides is 1. The van der Waals surface area contributed by atoms with E-state index in [-0.39, 0.29) is 12.1 Å². The van der Waals surface area contributed by atoms with Crippen molar-refractivity contribution in [2.24, 2.45) is 0 Å². The van der Waals surface area contributed by atoms with E-state index in [1.807, 2.05) is 42.5 Å². The first kappa shape index (κ1) is 15.4. The Morgan fingerprint density at radius 1 is 1.00 bits per heavy atom. The molecule has 0 saturated heterocycles. The summed E-state index contributed by atoms with van der Waals surface area (Å²) in [5, 5.41) is 3.56. The van der Waals surface area contributed by atoms with E-state index in [1.165, 1.54) is 11.1 Å². The van der Waals surface area contributed by atoms with Crippen molar-refractivity contribution in [3.63, 3.8) is 0 Å². The summed E-state index contributed by atoms with van der Waals surface area (Å²) < 4.78 is 0. The first-order valence-corrected chi connectivity index (χ1v) is 8.32. The smallest absolute Gasteiger partial charge is 0.260 e. The maximum atomic E-state index is 13.0. The minimum atomic E-state index is -0.256. The standard InChI is InChI=1S/C21H19N3O/c1-14-7-5-11-19(15(14)2)23-20-17-9-3-4-10-18(17)21(25)24(20)16-8-6-12-22-13-16/h3-13,20,23H,1-2H3/t20-/m1/s1. The van der Waals surface area contributed by atoms with Gasteiger partial charge in [-0.1, -0.05) is 30.3 Å². The predicted octanol–water partition coefficient (Wildman–Crippen LogP) is 4.47. The van der Waals surface area contributed by atoms with E-state index < -0.39 is 0 Å². The molecule has 2 aromatic carbocycles. The summed E-state index contributed by atoms with van der Waals surface area (Å²) in [5.41, 5.74) is 5.93. The van der Waals surface area contributed by atoms with Crippen LogP contribution in [0.2, 0.25) is 0 Å². The van der Waals surface area contributed by atoms with Gasteiger partial charge >= 0.3 is 0 Å². The number of benzene rings is 2. The average Bonchev–Trinajstić information content (AvgIpc) is 2.92. The summed E-state index contributed by atoms with van der Waals surface area (Å²) in [5.74, 6) is -0.00796. The van der Waals surface area contributed by atoms with Crippen LogP contribution in [-0.2, 0) is 0 Å². The van der Waals surface area contributed by atoms with Crippen molar-refractivity contribution in [3.8, 4) is 0 Å². The van der Waals surface area contributed by atoms with Crippen molar-refractivity contribution in [2.75, 3.05) is 10.2 Å². The second kappa shape index (κ2) is 6.06. The molecule has 0 spiro atoms. The van der Waals surface area contributed by atoms with Gasteiger partial charge in [-0.05, 0) is 49.2 Å². The average molecular weight is 329 g/mol. The lowest BCUT2D eigenvalue weighted by Gasteiger charge is -2.27. The zero-order valence-corrected chi connectivity index (χ0v) is 14.2. The van der Waals surface area contributed by atoms with Gasteiger partial charge in [-0.15, -0.1) is 0 Å². The lowest BCUT2D eigenvalue weighted by atomic mass is 10.1. The zero-order valence-electron chi connectivity index (χ0n) is 14.2. The zero-order chi connectivity index (χ0) is 17.4.